The van der Waals surface area contributed by atoms with E-state index in [9.17, 15) is 0 Å². The summed E-state index contributed by atoms with van der Waals surface area (Å²) in [5, 5.41) is 0.755. The molecule has 84 valence electrons. The molecule has 0 saturated heterocycles. The van der Waals surface area contributed by atoms with Gasteiger partial charge in [-0.3, -0.25) is 0 Å². The maximum Gasteiger partial charge on any atom is 0.0456 e. The molecule has 0 saturated carbocycles. The molecule has 2 rings (SSSR count). The van der Waals surface area contributed by atoms with E-state index in [2.05, 4.69) is 24.5 Å². The third-order valence-electron chi connectivity index (χ3n) is 2.84. The van der Waals surface area contributed by atoms with E-state index >= 15 is 0 Å². The quantitative estimate of drug-likeness (QED) is 0.850. The molecule has 1 heterocycles. The number of halogens is 1. The number of nitrogens with zero attached hydrogens (tertiary/aromatic N) is 1. The van der Waals surface area contributed by atoms with E-state index in [0.717, 1.165) is 10.7 Å². The molecule has 1 aromatic carbocycles. The van der Waals surface area contributed by atoms with Crippen molar-refractivity contribution in [3.8, 4) is 5.69 Å². The van der Waals surface area contributed by atoms with Gasteiger partial charge < -0.3 is 10.3 Å². The summed E-state index contributed by atoms with van der Waals surface area (Å²) in [5.41, 5.74) is 10.4. The third-order valence-corrected chi connectivity index (χ3v) is 3.09. The molecule has 0 aliphatic rings. The van der Waals surface area contributed by atoms with Crippen molar-refractivity contribution in [2.45, 2.75) is 20.4 Å². The number of hydrogen-bond acceptors (Lipinski definition) is 1. The molecule has 0 aliphatic carbocycles. The molecule has 1 aromatic heterocycles. The molecule has 0 spiro atoms. The predicted octanol–water partition coefficient (Wildman–Crippen LogP) is 3.21. The van der Waals surface area contributed by atoms with Crippen LogP contribution in [0.2, 0.25) is 5.02 Å². The van der Waals surface area contributed by atoms with Crippen molar-refractivity contribution >= 4 is 11.6 Å². The van der Waals surface area contributed by atoms with Crippen LogP contribution in [-0.4, -0.2) is 4.57 Å². The average molecular weight is 235 g/mol. The molecular weight excluding hydrogens is 220 g/mol. The second kappa shape index (κ2) is 4.32. The standard InChI is InChI=1S/C13H15ClN2/c1-9-7-11(8-15)10(2)16(9)13-5-3-12(14)4-6-13/h3-7H,8,15H2,1-2H3. The van der Waals surface area contributed by atoms with Crippen molar-refractivity contribution in [1.82, 2.24) is 4.57 Å². The summed E-state index contributed by atoms with van der Waals surface area (Å²) in [5.74, 6) is 0. The molecule has 0 amide bonds. The predicted molar refractivity (Wildman–Crippen MR) is 68.1 cm³/mol. The van der Waals surface area contributed by atoms with E-state index in [1.54, 1.807) is 0 Å². The molecule has 2 N–H and O–H groups in total. The fourth-order valence-corrected chi connectivity index (χ4v) is 2.15. The Morgan fingerprint density at radius 3 is 2.31 bits per heavy atom. The van der Waals surface area contributed by atoms with Gasteiger partial charge in [0.2, 0.25) is 0 Å². The van der Waals surface area contributed by atoms with Crippen LogP contribution in [0.4, 0.5) is 0 Å². The molecule has 0 fully saturated rings. The Hall–Kier alpha value is -1.25. The Morgan fingerprint density at radius 2 is 1.81 bits per heavy atom. The first-order valence-electron chi connectivity index (χ1n) is 5.27. The lowest BCUT2D eigenvalue weighted by molar-refractivity contribution is 0.943. The number of nitrogens with two attached hydrogens (primary N) is 1. The van der Waals surface area contributed by atoms with E-state index in [0.29, 0.717) is 6.54 Å². The highest BCUT2D eigenvalue weighted by molar-refractivity contribution is 6.30. The number of aromatic nitrogens is 1. The van der Waals surface area contributed by atoms with Crippen molar-refractivity contribution in [2.24, 2.45) is 5.73 Å². The fourth-order valence-electron chi connectivity index (χ4n) is 2.02. The van der Waals surface area contributed by atoms with Crippen LogP contribution >= 0.6 is 11.6 Å². The van der Waals surface area contributed by atoms with E-state index in [4.69, 9.17) is 17.3 Å². The first kappa shape index (κ1) is 11.2. The molecule has 0 unspecified atom stereocenters. The van der Waals surface area contributed by atoms with E-state index < -0.39 is 0 Å². The largest absolute Gasteiger partial charge is 0.326 e. The number of benzene rings is 1. The van der Waals surface area contributed by atoms with E-state index in [-0.39, 0.29) is 0 Å². The Morgan fingerprint density at radius 1 is 1.19 bits per heavy atom. The van der Waals surface area contributed by atoms with E-state index in [1.165, 1.54) is 17.0 Å². The second-order valence-corrected chi connectivity index (χ2v) is 4.35. The van der Waals surface area contributed by atoms with Gasteiger partial charge in [0.25, 0.3) is 0 Å². The minimum absolute atomic E-state index is 0.577. The normalized spacial score (nSPS) is 10.8. The zero-order valence-corrected chi connectivity index (χ0v) is 10.3. The van der Waals surface area contributed by atoms with Gasteiger partial charge in [-0.2, -0.15) is 0 Å². The number of aryl methyl sites for hydroxylation is 1. The van der Waals surface area contributed by atoms with Gasteiger partial charge in [0.1, 0.15) is 0 Å². The first-order chi connectivity index (χ1) is 7.63. The van der Waals surface area contributed by atoms with Gasteiger partial charge in [-0.1, -0.05) is 11.6 Å². The van der Waals surface area contributed by atoms with Crippen molar-refractivity contribution in [1.29, 1.82) is 0 Å². The molecule has 0 atom stereocenters. The molecule has 0 radical (unpaired) electrons. The lowest BCUT2D eigenvalue weighted by Crippen LogP contribution is -2.01. The van der Waals surface area contributed by atoms with Gasteiger partial charge >= 0.3 is 0 Å². The maximum absolute atomic E-state index is 5.88. The smallest absolute Gasteiger partial charge is 0.0456 e. The van der Waals surface area contributed by atoms with Crippen LogP contribution in [0.1, 0.15) is 17.0 Å². The molecule has 2 aromatic rings. The zero-order valence-electron chi connectivity index (χ0n) is 9.50. The van der Waals surface area contributed by atoms with Crippen LogP contribution in [0.3, 0.4) is 0 Å². The fraction of sp³-hybridized carbons (Fsp3) is 0.231. The Balaban J connectivity index is 2.55. The summed E-state index contributed by atoms with van der Waals surface area (Å²) in [6.45, 7) is 4.75. The molecule has 0 bridgehead atoms. The van der Waals surface area contributed by atoms with Crippen LogP contribution in [0.5, 0.6) is 0 Å². The summed E-state index contributed by atoms with van der Waals surface area (Å²) >= 11 is 5.88. The van der Waals surface area contributed by atoms with Crippen LogP contribution in [0.25, 0.3) is 5.69 Å². The topological polar surface area (TPSA) is 30.9 Å². The van der Waals surface area contributed by atoms with Crippen LogP contribution < -0.4 is 5.73 Å². The van der Waals surface area contributed by atoms with Crippen molar-refractivity contribution in [3.05, 3.63) is 52.3 Å². The van der Waals surface area contributed by atoms with Gasteiger partial charge in [0, 0.05) is 28.6 Å². The highest BCUT2D eigenvalue weighted by atomic mass is 35.5. The Labute approximate surface area is 101 Å². The van der Waals surface area contributed by atoms with Gasteiger partial charge in [0.15, 0.2) is 0 Å². The summed E-state index contributed by atoms with van der Waals surface area (Å²) < 4.78 is 2.19. The summed E-state index contributed by atoms with van der Waals surface area (Å²) in [6, 6.07) is 9.96. The van der Waals surface area contributed by atoms with Crippen molar-refractivity contribution in [2.75, 3.05) is 0 Å². The second-order valence-electron chi connectivity index (χ2n) is 3.91. The SMILES string of the molecule is Cc1cc(CN)c(C)n1-c1ccc(Cl)cc1. The molecule has 2 nitrogen and oxygen atoms in total. The molecule has 16 heavy (non-hydrogen) atoms. The summed E-state index contributed by atoms with van der Waals surface area (Å²) in [4.78, 5) is 0. The van der Waals surface area contributed by atoms with Crippen molar-refractivity contribution < 1.29 is 0 Å². The zero-order chi connectivity index (χ0) is 11.7. The lowest BCUT2D eigenvalue weighted by Gasteiger charge is -2.09. The van der Waals surface area contributed by atoms with Crippen molar-refractivity contribution in [3.63, 3.8) is 0 Å². The van der Waals surface area contributed by atoms with Gasteiger partial charge in [-0.25, -0.2) is 0 Å². The highest BCUT2D eigenvalue weighted by Gasteiger charge is 2.08. The van der Waals surface area contributed by atoms with Gasteiger partial charge in [-0.15, -0.1) is 0 Å². The summed E-state index contributed by atoms with van der Waals surface area (Å²) in [6.07, 6.45) is 0. The first-order valence-corrected chi connectivity index (χ1v) is 5.65. The highest BCUT2D eigenvalue weighted by Crippen LogP contribution is 2.21. The Bertz CT molecular complexity index is 497. The minimum Gasteiger partial charge on any atom is -0.326 e. The number of rotatable bonds is 2. The van der Waals surface area contributed by atoms with Gasteiger partial charge in [0.05, 0.1) is 0 Å². The third kappa shape index (κ3) is 1.86. The molecular formula is C13H15ClN2. The number of hydrogen-bond donors (Lipinski definition) is 1. The molecule has 3 heteroatoms. The van der Waals surface area contributed by atoms with Crippen LogP contribution in [0, 0.1) is 13.8 Å². The molecule has 0 aliphatic heterocycles. The average Bonchev–Trinajstić information content (AvgIpc) is 2.56. The van der Waals surface area contributed by atoms with E-state index in [1.807, 2.05) is 24.3 Å². The summed E-state index contributed by atoms with van der Waals surface area (Å²) in [7, 11) is 0. The lowest BCUT2D eigenvalue weighted by atomic mass is 10.2. The Kier molecular flexibility index (Phi) is 3.03. The van der Waals surface area contributed by atoms with Crippen LogP contribution in [-0.2, 0) is 6.54 Å². The monoisotopic (exact) mass is 234 g/mol. The minimum atomic E-state index is 0.577. The van der Waals surface area contributed by atoms with Crippen LogP contribution in [0.15, 0.2) is 30.3 Å². The maximum atomic E-state index is 5.88. The van der Waals surface area contributed by atoms with Gasteiger partial charge in [-0.05, 0) is 49.7 Å².